The molecule has 1 aliphatic rings. The molecule has 0 saturated carbocycles. The van der Waals surface area contributed by atoms with Crippen LogP contribution in [0.3, 0.4) is 0 Å². The smallest absolute Gasteiger partial charge is 0.133 e. The lowest BCUT2D eigenvalue weighted by Gasteiger charge is -2.08. The number of hydrogen-bond acceptors (Lipinski definition) is 5. The van der Waals surface area contributed by atoms with Crippen molar-refractivity contribution in [3.8, 4) is 6.07 Å². The molecule has 0 spiro atoms. The summed E-state index contributed by atoms with van der Waals surface area (Å²) in [5, 5.41) is 19.3. The van der Waals surface area contributed by atoms with Crippen molar-refractivity contribution in [2.75, 3.05) is 13.2 Å². The molecule has 0 aliphatic carbocycles. The molecule has 0 amide bonds. The highest BCUT2D eigenvalue weighted by Gasteiger charge is 2.13. The highest BCUT2D eigenvalue weighted by Crippen LogP contribution is 2.10. The van der Waals surface area contributed by atoms with Gasteiger partial charge in [-0.15, -0.1) is 0 Å². The number of aliphatic imine (C=N–C) groups is 1. The van der Waals surface area contributed by atoms with Gasteiger partial charge >= 0.3 is 0 Å². The fourth-order valence-corrected chi connectivity index (χ4v) is 1.51. The van der Waals surface area contributed by atoms with Crippen molar-refractivity contribution in [1.29, 1.82) is 10.7 Å². The van der Waals surface area contributed by atoms with E-state index in [1.54, 1.807) is 18.3 Å². The van der Waals surface area contributed by atoms with E-state index in [0.29, 0.717) is 5.57 Å². The normalized spacial score (nSPS) is 18.6. The first-order valence-corrected chi connectivity index (χ1v) is 6.06. The fourth-order valence-electron chi connectivity index (χ4n) is 1.51. The Bertz CT molecular complexity index is 451. The van der Waals surface area contributed by atoms with E-state index in [2.05, 4.69) is 23.5 Å². The Morgan fingerprint density at radius 3 is 3.00 bits per heavy atom. The molecule has 2 N–H and O–H groups in total. The number of rotatable bonds is 7. The molecule has 5 heteroatoms. The van der Waals surface area contributed by atoms with Crippen LogP contribution in [0.5, 0.6) is 0 Å². The van der Waals surface area contributed by atoms with Crippen LogP contribution in [0.4, 0.5) is 0 Å². The standard InChI is InChI=1S/C14H18N4O/c1-11(9-18-12(2)8-15)14(16)5-6-17-10-13-4-3-7-19-13/h5-6,9,13,16-17H,1-4,7,10H2/b6-5-,16-14?,18-9+. The van der Waals surface area contributed by atoms with E-state index in [0.717, 1.165) is 26.0 Å². The van der Waals surface area contributed by atoms with E-state index in [-0.39, 0.29) is 17.5 Å². The summed E-state index contributed by atoms with van der Waals surface area (Å²) in [5.41, 5.74) is 0.746. The van der Waals surface area contributed by atoms with Gasteiger partial charge in [0.15, 0.2) is 0 Å². The number of nitrogens with zero attached hydrogens (tertiary/aromatic N) is 2. The summed E-state index contributed by atoms with van der Waals surface area (Å²) in [6.07, 6.45) is 7.11. The van der Waals surface area contributed by atoms with Crippen molar-refractivity contribution >= 4 is 11.9 Å². The zero-order valence-corrected chi connectivity index (χ0v) is 10.9. The Balaban J connectivity index is 2.29. The zero-order chi connectivity index (χ0) is 14.1. The Morgan fingerprint density at radius 2 is 2.37 bits per heavy atom. The molecule has 1 heterocycles. The summed E-state index contributed by atoms with van der Waals surface area (Å²) >= 11 is 0. The van der Waals surface area contributed by atoms with Gasteiger partial charge in [-0.2, -0.15) is 5.26 Å². The fraction of sp³-hybridized carbons (Fsp3) is 0.357. The molecule has 0 aromatic heterocycles. The maximum Gasteiger partial charge on any atom is 0.133 e. The molecular formula is C14H18N4O. The second kappa shape index (κ2) is 8.01. The third kappa shape index (κ3) is 5.80. The molecule has 1 saturated heterocycles. The third-order valence-electron chi connectivity index (χ3n) is 2.59. The van der Waals surface area contributed by atoms with Gasteiger partial charge < -0.3 is 15.5 Å². The Morgan fingerprint density at radius 1 is 1.58 bits per heavy atom. The van der Waals surface area contributed by atoms with E-state index in [4.69, 9.17) is 15.4 Å². The highest BCUT2D eigenvalue weighted by molar-refractivity contribution is 6.19. The topological polar surface area (TPSA) is 81.3 Å². The van der Waals surface area contributed by atoms with E-state index in [9.17, 15) is 0 Å². The lowest BCUT2D eigenvalue weighted by Crippen LogP contribution is -2.22. The minimum atomic E-state index is 0.0921. The van der Waals surface area contributed by atoms with Gasteiger partial charge in [-0.05, 0) is 25.1 Å². The van der Waals surface area contributed by atoms with Crippen LogP contribution in [0.1, 0.15) is 12.8 Å². The van der Waals surface area contributed by atoms with Crippen molar-refractivity contribution in [3.63, 3.8) is 0 Å². The second-order valence-corrected chi connectivity index (χ2v) is 4.13. The van der Waals surface area contributed by atoms with E-state index >= 15 is 0 Å². The van der Waals surface area contributed by atoms with Crippen molar-refractivity contribution in [2.24, 2.45) is 4.99 Å². The SMILES string of the molecule is C=C(C#N)/N=C/C(=C)C(=N)/C=C\NCC1CCCO1. The monoisotopic (exact) mass is 258 g/mol. The van der Waals surface area contributed by atoms with Crippen LogP contribution in [0.25, 0.3) is 0 Å². The van der Waals surface area contributed by atoms with Gasteiger partial charge in [-0.3, -0.25) is 0 Å². The maximum absolute atomic E-state index is 8.48. The molecule has 0 aromatic rings. The van der Waals surface area contributed by atoms with Crippen LogP contribution in [0.15, 0.2) is 41.7 Å². The molecule has 1 fully saturated rings. The van der Waals surface area contributed by atoms with Crippen molar-refractivity contribution in [2.45, 2.75) is 18.9 Å². The first kappa shape index (κ1) is 14.9. The second-order valence-electron chi connectivity index (χ2n) is 4.13. The summed E-state index contributed by atoms with van der Waals surface area (Å²) in [6.45, 7) is 8.68. The number of hydrogen-bond donors (Lipinski definition) is 2. The first-order valence-electron chi connectivity index (χ1n) is 6.06. The predicted molar refractivity (Wildman–Crippen MR) is 76.2 cm³/mol. The Kier molecular flexibility index (Phi) is 6.27. The first-order chi connectivity index (χ1) is 9.13. The maximum atomic E-state index is 8.48. The Labute approximate surface area is 113 Å². The highest BCUT2D eigenvalue weighted by atomic mass is 16.5. The van der Waals surface area contributed by atoms with Crippen molar-refractivity contribution in [1.82, 2.24) is 5.32 Å². The van der Waals surface area contributed by atoms with E-state index < -0.39 is 0 Å². The molecule has 0 aromatic carbocycles. The van der Waals surface area contributed by atoms with E-state index in [1.807, 2.05) is 0 Å². The van der Waals surface area contributed by atoms with Crippen molar-refractivity contribution in [3.05, 3.63) is 36.7 Å². The minimum Gasteiger partial charge on any atom is -0.388 e. The molecule has 0 bridgehead atoms. The van der Waals surface area contributed by atoms with Gasteiger partial charge in [0.25, 0.3) is 0 Å². The summed E-state index contributed by atoms with van der Waals surface area (Å²) in [6, 6.07) is 1.79. The zero-order valence-electron chi connectivity index (χ0n) is 10.9. The molecule has 1 atom stereocenters. The minimum absolute atomic E-state index is 0.0921. The predicted octanol–water partition coefficient (Wildman–Crippen LogP) is 1.95. The summed E-state index contributed by atoms with van der Waals surface area (Å²) in [7, 11) is 0. The third-order valence-corrected chi connectivity index (χ3v) is 2.59. The lowest BCUT2D eigenvalue weighted by molar-refractivity contribution is 0.113. The Hall–Kier alpha value is -2.19. The van der Waals surface area contributed by atoms with Crippen LogP contribution < -0.4 is 5.32 Å². The average Bonchev–Trinajstić information content (AvgIpc) is 2.93. The summed E-state index contributed by atoms with van der Waals surface area (Å²) in [4.78, 5) is 3.76. The molecule has 1 unspecified atom stereocenters. The van der Waals surface area contributed by atoms with Crippen LogP contribution in [0, 0.1) is 16.7 Å². The molecular weight excluding hydrogens is 240 g/mol. The van der Waals surface area contributed by atoms with Gasteiger partial charge in [0.1, 0.15) is 11.8 Å². The summed E-state index contributed by atoms with van der Waals surface area (Å²) in [5.74, 6) is 0. The van der Waals surface area contributed by atoms with Gasteiger partial charge in [-0.1, -0.05) is 13.2 Å². The lowest BCUT2D eigenvalue weighted by atomic mass is 10.2. The van der Waals surface area contributed by atoms with Gasteiger partial charge in [0, 0.05) is 24.9 Å². The number of nitrogens with one attached hydrogen (secondary N) is 2. The largest absolute Gasteiger partial charge is 0.388 e. The van der Waals surface area contributed by atoms with Gasteiger partial charge in [0.05, 0.1) is 11.8 Å². The number of ether oxygens (including phenoxy) is 1. The van der Waals surface area contributed by atoms with Gasteiger partial charge in [-0.25, -0.2) is 4.99 Å². The van der Waals surface area contributed by atoms with Crippen molar-refractivity contribution < 1.29 is 4.74 Å². The van der Waals surface area contributed by atoms with Crippen LogP contribution >= 0.6 is 0 Å². The quantitative estimate of drug-likeness (QED) is 0.541. The molecule has 0 radical (unpaired) electrons. The number of nitriles is 1. The average molecular weight is 258 g/mol. The van der Waals surface area contributed by atoms with Crippen LogP contribution in [0.2, 0.25) is 0 Å². The molecule has 5 nitrogen and oxygen atoms in total. The molecule has 1 rings (SSSR count). The molecule has 1 aliphatic heterocycles. The summed E-state index contributed by atoms with van der Waals surface area (Å²) < 4.78 is 5.46. The van der Waals surface area contributed by atoms with Crippen LogP contribution in [-0.4, -0.2) is 31.2 Å². The van der Waals surface area contributed by atoms with Crippen LogP contribution in [-0.2, 0) is 4.74 Å². The molecule has 100 valence electrons. The number of allylic oxidation sites excluding steroid dienone is 3. The van der Waals surface area contributed by atoms with E-state index in [1.165, 1.54) is 6.21 Å². The molecule has 19 heavy (non-hydrogen) atoms. The van der Waals surface area contributed by atoms with Gasteiger partial charge in [0.2, 0.25) is 0 Å².